The lowest BCUT2D eigenvalue weighted by molar-refractivity contribution is 0.420. The summed E-state index contributed by atoms with van der Waals surface area (Å²) in [5, 5.41) is 32.8. The third-order valence-corrected chi connectivity index (χ3v) is 4.66. The fourth-order valence-corrected chi connectivity index (χ4v) is 3.40. The van der Waals surface area contributed by atoms with Gasteiger partial charge in [0.25, 0.3) is 0 Å². The summed E-state index contributed by atoms with van der Waals surface area (Å²) in [5.74, 6) is 0.00919. The SMILES string of the molecule is O=c1sc(/C=c2\ccc3c(c2)N=NN=3)c(O)n1Cc1cccc(O)c1. The van der Waals surface area contributed by atoms with Crippen LogP contribution in [0.1, 0.15) is 10.4 Å². The highest BCUT2D eigenvalue weighted by Crippen LogP contribution is 2.22. The number of hydrogen-bond donors (Lipinski definition) is 2. The Bertz CT molecular complexity index is 1180. The van der Waals surface area contributed by atoms with Gasteiger partial charge in [0.1, 0.15) is 16.8 Å². The molecule has 0 saturated heterocycles. The van der Waals surface area contributed by atoms with E-state index in [2.05, 4.69) is 15.4 Å². The van der Waals surface area contributed by atoms with E-state index in [1.165, 1.54) is 4.57 Å². The van der Waals surface area contributed by atoms with Gasteiger partial charge < -0.3 is 10.2 Å². The van der Waals surface area contributed by atoms with E-state index in [1.807, 2.05) is 6.07 Å². The Kier molecular flexibility index (Phi) is 3.66. The van der Waals surface area contributed by atoms with Gasteiger partial charge in [-0.15, -0.1) is 10.2 Å². The Balaban J connectivity index is 1.73. The van der Waals surface area contributed by atoms with Gasteiger partial charge in [0.05, 0.1) is 11.4 Å². The molecule has 0 amide bonds. The normalized spacial score (nSPS) is 13.0. The van der Waals surface area contributed by atoms with Crippen molar-refractivity contribution in [2.45, 2.75) is 6.54 Å². The molecule has 0 radical (unpaired) electrons. The predicted octanol–water partition coefficient (Wildman–Crippen LogP) is 1.83. The highest BCUT2D eigenvalue weighted by atomic mass is 32.1. The highest BCUT2D eigenvalue weighted by molar-refractivity contribution is 7.10. The van der Waals surface area contributed by atoms with Gasteiger partial charge in [-0.1, -0.05) is 29.5 Å². The number of fused-ring (bicyclic) bond motifs is 1. The van der Waals surface area contributed by atoms with Gasteiger partial charge in [-0.3, -0.25) is 9.36 Å². The lowest BCUT2D eigenvalue weighted by Crippen LogP contribution is -2.13. The number of aromatic nitrogens is 1. The van der Waals surface area contributed by atoms with Crippen molar-refractivity contribution in [3.05, 3.63) is 73.1 Å². The van der Waals surface area contributed by atoms with Crippen LogP contribution in [0.2, 0.25) is 0 Å². The Labute approximate surface area is 145 Å². The molecule has 0 bridgehead atoms. The molecule has 0 fully saturated rings. The van der Waals surface area contributed by atoms with E-state index in [9.17, 15) is 15.0 Å². The maximum Gasteiger partial charge on any atom is 0.310 e. The third-order valence-electron chi connectivity index (χ3n) is 3.75. The van der Waals surface area contributed by atoms with Crippen LogP contribution >= 0.6 is 11.3 Å². The summed E-state index contributed by atoms with van der Waals surface area (Å²) in [4.78, 5) is 12.4. The van der Waals surface area contributed by atoms with E-state index in [-0.39, 0.29) is 23.0 Å². The number of benzene rings is 2. The average Bonchev–Trinajstić information content (AvgIpc) is 3.15. The molecule has 0 aliphatic carbocycles. The molecule has 0 saturated carbocycles. The molecule has 3 aromatic rings. The van der Waals surface area contributed by atoms with E-state index >= 15 is 0 Å². The highest BCUT2D eigenvalue weighted by Gasteiger charge is 2.13. The number of thiazole rings is 1. The zero-order chi connectivity index (χ0) is 17.4. The summed E-state index contributed by atoms with van der Waals surface area (Å²) in [5.41, 5.74) is 1.38. The zero-order valence-electron chi connectivity index (χ0n) is 12.8. The van der Waals surface area contributed by atoms with E-state index in [4.69, 9.17) is 0 Å². The second-order valence-electron chi connectivity index (χ2n) is 5.49. The zero-order valence-corrected chi connectivity index (χ0v) is 13.6. The summed E-state index contributed by atoms with van der Waals surface area (Å²) in [7, 11) is 0. The lowest BCUT2D eigenvalue weighted by atomic mass is 10.2. The Morgan fingerprint density at radius 1 is 1.16 bits per heavy atom. The van der Waals surface area contributed by atoms with Crippen molar-refractivity contribution in [2.24, 2.45) is 15.4 Å². The second-order valence-corrected chi connectivity index (χ2v) is 6.49. The predicted molar refractivity (Wildman–Crippen MR) is 92.8 cm³/mol. The van der Waals surface area contributed by atoms with Gasteiger partial charge in [0.2, 0.25) is 5.88 Å². The van der Waals surface area contributed by atoms with Crippen LogP contribution in [0.3, 0.4) is 0 Å². The fraction of sp³-hybridized carbons (Fsp3) is 0.0588. The summed E-state index contributed by atoms with van der Waals surface area (Å²) >= 11 is 0.954. The molecule has 1 aliphatic heterocycles. The van der Waals surface area contributed by atoms with Gasteiger partial charge in [0.15, 0.2) is 0 Å². The molecule has 1 aliphatic rings. The van der Waals surface area contributed by atoms with Crippen LogP contribution in [0.25, 0.3) is 6.08 Å². The standard InChI is InChI=1S/C17H12N4O3S/c22-12-3-1-2-11(6-12)9-21-16(23)15(25-17(21)24)8-10-4-5-13-14(7-10)19-20-18-13/h1-8,22-23H,9H2/b10-8+. The molecule has 7 nitrogen and oxygen atoms in total. The number of nitrogens with zero attached hydrogens (tertiary/aromatic N) is 4. The molecule has 8 heteroatoms. The Morgan fingerprint density at radius 3 is 2.88 bits per heavy atom. The minimum absolute atomic E-state index is 0.106. The van der Waals surface area contributed by atoms with E-state index in [0.717, 1.165) is 22.1 Å². The maximum atomic E-state index is 12.2. The van der Waals surface area contributed by atoms with Gasteiger partial charge >= 0.3 is 4.87 Å². The number of aromatic hydroxyl groups is 2. The molecular formula is C17H12N4O3S. The van der Waals surface area contributed by atoms with Crippen LogP contribution in [0.4, 0.5) is 5.69 Å². The summed E-state index contributed by atoms with van der Waals surface area (Å²) in [6.07, 6.45) is 1.72. The molecule has 2 heterocycles. The summed E-state index contributed by atoms with van der Waals surface area (Å²) < 4.78 is 1.27. The fourth-order valence-electron chi connectivity index (χ4n) is 2.55. The van der Waals surface area contributed by atoms with Crippen LogP contribution in [-0.4, -0.2) is 14.8 Å². The lowest BCUT2D eigenvalue weighted by Gasteiger charge is -2.04. The monoisotopic (exact) mass is 352 g/mol. The number of hydrogen-bond acceptors (Lipinski definition) is 7. The molecule has 124 valence electrons. The summed E-state index contributed by atoms with van der Waals surface area (Å²) in [6.45, 7) is 0.181. The van der Waals surface area contributed by atoms with E-state index in [1.54, 1.807) is 42.5 Å². The van der Waals surface area contributed by atoms with Gasteiger partial charge in [-0.25, -0.2) is 0 Å². The summed E-state index contributed by atoms with van der Waals surface area (Å²) in [6, 6.07) is 12.0. The minimum Gasteiger partial charge on any atom is -0.508 e. The largest absolute Gasteiger partial charge is 0.508 e. The van der Waals surface area contributed by atoms with Crippen molar-refractivity contribution in [1.82, 2.24) is 4.57 Å². The average molecular weight is 352 g/mol. The first-order valence-electron chi connectivity index (χ1n) is 7.41. The van der Waals surface area contributed by atoms with Crippen molar-refractivity contribution in [1.29, 1.82) is 0 Å². The van der Waals surface area contributed by atoms with E-state index < -0.39 is 0 Å². The smallest absolute Gasteiger partial charge is 0.310 e. The molecule has 4 rings (SSSR count). The van der Waals surface area contributed by atoms with Crippen molar-refractivity contribution in [2.75, 3.05) is 0 Å². The maximum absolute atomic E-state index is 12.2. The quantitative estimate of drug-likeness (QED) is 0.752. The van der Waals surface area contributed by atoms with Crippen LogP contribution in [0.5, 0.6) is 11.6 Å². The van der Waals surface area contributed by atoms with Crippen molar-refractivity contribution in [3.8, 4) is 11.6 Å². The molecule has 2 N–H and O–H groups in total. The molecule has 0 spiro atoms. The number of phenols is 1. The molecule has 1 aromatic heterocycles. The second kappa shape index (κ2) is 5.99. The van der Waals surface area contributed by atoms with Gasteiger partial charge in [-0.2, -0.15) is 0 Å². The molecule has 0 atom stereocenters. The van der Waals surface area contributed by atoms with Crippen molar-refractivity contribution in [3.63, 3.8) is 0 Å². The number of rotatable bonds is 3. The molecular weight excluding hydrogens is 340 g/mol. The van der Waals surface area contributed by atoms with Crippen molar-refractivity contribution >= 4 is 23.1 Å². The van der Waals surface area contributed by atoms with Crippen LogP contribution in [0, 0.1) is 0 Å². The first-order chi connectivity index (χ1) is 12.1. The van der Waals surface area contributed by atoms with Crippen molar-refractivity contribution < 1.29 is 10.2 Å². The molecule has 0 unspecified atom stereocenters. The minimum atomic E-state index is -0.275. The number of phenolic OH excluding ortho intramolecular Hbond substituents is 1. The first-order valence-corrected chi connectivity index (χ1v) is 8.23. The van der Waals surface area contributed by atoms with Gasteiger partial charge in [-0.05, 0) is 46.3 Å². The Morgan fingerprint density at radius 2 is 2.04 bits per heavy atom. The van der Waals surface area contributed by atoms with Crippen LogP contribution in [-0.2, 0) is 6.54 Å². The topological polar surface area (TPSA) is 99.5 Å². The Hall–Kier alpha value is -3.26. The third kappa shape index (κ3) is 2.94. The van der Waals surface area contributed by atoms with Crippen LogP contribution in [0.15, 0.2) is 62.7 Å². The van der Waals surface area contributed by atoms with Gasteiger partial charge in [0, 0.05) is 0 Å². The molecule has 25 heavy (non-hydrogen) atoms. The van der Waals surface area contributed by atoms with Crippen LogP contribution < -0.4 is 15.4 Å². The molecule has 2 aromatic carbocycles. The first kappa shape index (κ1) is 15.3. The van der Waals surface area contributed by atoms with E-state index in [0.29, 0.717) is 15.9 Å².